The van der Waals surface area contributed by atoms with Crippen molar-refractivity contribution in [1.29, 1.82) is 0 Å². The van der Waals surface area contributed by atoms with Gasteiger partial charge in [0.1, 0.15) is 0 Å². The van der Waals surface area contributed by atoms with Gasteiger partial charge in [0, 0.05) is 32.2 Å². The molecule has 2 rings (SSSR count). The van der Waals surface area contributed by atoms with Crippen molar-refractivity contribution in [2.75, 3.05) is 39.8 Å². The van der Waals surface area contributed by atoms with Gasteiger partial charge in [0.15, 0.2) is 0 Å². The minimum Gasteiger partial charge on any atom is -0.374 e. The molecular weight excluding hydrogens is 242 g/mol. The van der Waals surface area contributed by atoms with E-state index in [0.29, 0.717) is 12.6 Å². The fourth-order valence-electron chi connectivity index (χ4n) is 2.76. The number of rotatable bonds is 5. The first-order valence-electron chi connectivity index (χ1n) is 7.40. The second-order valence-corrected chi connectivity index (χ2v) is 5.98. The van der Waals surface area contributed by atoms with Crippen LogP contribution in [0.4, 0.5) is 0 Å². The van der Waals surface area contributed by atoms with Gasteiger partial charge in [-0.15, -0.1) is 0 Å². The molecule has 2 fully saturated rings. The number of nitrogens with zero attached hydrogens (tertiary/aromatic N) is 2. The maximum Gasteiger partial charge on any atom is 0.236 e. The highest BCUT2D eigenvalue weighted by Crippen LogP contribution is 2.22. The van der Waals surface area contributed by atoms with Crippen LogP contribution in [-0.4, -0.2) is 73.7 Å². The molecule has 2 aliphatic rings. The van der Waals surface area contributed by atoms with Crippen molar-refractivity contribution in [3.05, 3.63) is 0 Å². The predicted octanol–water partition coefficient (Wildman–Crippen LogP) is 0.306. The zero-order valence-electron chi connectivity index (χ0n) is 12.4. The molecule has 0 spiro atoms. The molecule has 5 heteroatoms. The third-order valence-electron chi connectivity index (χ3n) is 4.28. The third kappa shape index (κ3) is 3.91. The molecule has 2 aliphatic heterocycles. The summed E-state index contributed by atoms with van der Waals surface area (Å²) in [5.74, 6) is 0.143. The largest absolute Gasteiger partial charge is 0.374 e. The molecule has 5 nitrogen and oxygen atoms in total. The highest BCUT2D eigenvalue weighted by Gasteiger charge is 2.31. The number of carbonyl (C=O) groups excluding carboxylic acids is 1. The van der Waals surface area contributed by atoms with Crippen molar-refractivity contribution in [2.45, 2.75) is 44.9 Å². The van der Waals surface area contributed by atoms with E-state index in [4.69, 9.17) is 4.74 Å². The maximum absolute atomic E-state index is 11.8. The van der Waals surface area contributed by atoms with Crippen LogP contribution in [0.2, 0.25) is 0 Å². The first-order chi connectivity index (χ1) is 9.08. The molecule has 110 valence electrons. The molecule has 0 bridgehead atoms. The first-order valence-corrected chi connectivity index (χ1v) is 7.40. The summed E-state index contributed by atoms with van der Waals surface area (Å²) in [5, 5.41) is 3.23. The van der Waals surface area contributed by atoms with E-state index in [0.717, 1.165) is 19.7 Å². The predicted molar refractivity (Wildman–Crippen MR) is 75.1 cm³/mol. The highest BCUT2D eigenvalue weighted by atomic mass is 16.5. The summed E-state index contributed by atoms with van der Waals surface area (Å²) in [6.07, 6.45) is 2.80. The highest BCUT2D eigenvalue weighted by molar-refractivity contribution is 5.78. The van der Waals surface area contributed by atoms with E-state index < -0.39 is 0 Å². The zero-order valence-corrected chi connectivity index (χ0v) is 12.4. The molecule has 1 amide bonds. The van der Waals surface area contributed by atoms with Crippen molar-refractivity contribution >= 4 is 5.91 Å². The van der Waals surface area contributed by atoms with Crippen LogP contribution in [0.5, 0.6) is 0 Å². The Balaban J connectivity index is 1.65. The van der Waals surface area contributed by atoms with E-state index in [2.05, 4.69) is 10.2 Å². The van der Waals surface area contributed by atoms with E-state index in [1.165, 1.54) is 19.4 Å². The van der Waals surface area contributed by atoms with Crippen LogP contribution in [-0.2, 0) is 9.53 Å². The molecule has 19 heavy (non-hydrogen) atoms. The molecular formula is C14H27N3O2. The summed E-state index contributed by atoms with van der Waals surface area (Å²) in [4.78, 5) is 16.1. The topological polar surface area (TPSA) is 44.8 Å². The normalized spacial score (nSPS) is 27.6. The number of nitrogens with one attached hydrogen (secondary N) is 1. The van der Waals surface area contributed by atoms with E-state index in [1.54, 1.807) is 4.90 Å². The number of fused-ring (bicyclic) bond motifs is 1. The fraction of sp³-hybridized carbons (Fsp3) is 0.929. The van der Waals surface area contributed by atoms with E-state index >= 15 is 0 Å². The lowest BCUT2D eigenvalue weighted by Crippen LogP contribution is -2.50. The first kappa shape index (κ1) is 14.8. The van der Waals surface area contributed by atoms with Gasteiger partial charge in [0.2, 0.25) is 5.91 Å². The smallest absolute Gasteiger partial charge is 0.236 e. The van der Waals surface area contributed by atoms with Crippen LogP contribution in [0.3, 0.4) is 0 Å². The van der Waals surface area contributed by atoms with Crippen LogP contribution < -0.4 is 5.32 Å². The van der Waals surface area contributed by atoms with Gasteiger partial charge < -0.3 is 15.0 Å². The summed E-state index contributed by atoms with van der Waals surface area (Å²) < 4.78 is 5.85. The van der Waals surface area contributed by atoms with Crippen molar-refractivity contribution in [2.24, 2.45) is 0 Å². The van der Waals surface area contributed by atoms with E-state index in [1.807, 2.05) is 20.9 Å². The molecule has 2 saturated heterocycles. The maximum atomic E-state index is 11.8. The number of likely N-dealkylation sites (N-methyl/N-ethyl adjacent to an activating group) is 1. The second-order valence-electron chi connectivity index (χ2n) is 5.98. The Bertz CT molecular complexity index is 309. The Morgan fingerprint density at radius 2 is 2.32 bits per heavy atom. The minimum atomic E-state index is 0.143. The van der Waals surface area contributed by atoms with Crippen LogP contribution in [0.25, 0.3) is 0 Å². The van der Waals surface area contributed by atoms with Gasteiger partial charge in [-0.3, -0.25) is 9.69 Å². The molecule has 0 saturated carbocycles. The number of hydrogen-bond donors (Lipinski definition) is 1. The van der Waals surface area contributed by atoms with Crippen molar-refractivity contribution < 1.29 is 9.53 Å². The zero-order chi connectivity index (χ0) is 13.8. The van der Waals surface area contributed by atoms with Crippen LogP contribution in [0.15, 0.2) is 0 Å². The molecule has 2 atom stereocenters. The average molecular weight is 269 g/mol. The second kappa shape index (κ2) is 6.68. The van der Waals surface area contributed by atoms with Gasteiger partial charge in [-0.2, -0.15) is 0 Å². The van der Waals surface area contributed by atoms with Gasteiger partial charge in [0.05, 0.1) is 19.3 Å². The number of hydrogen-bond acceptors (Lipinski definition) is 4. The Morgan fingerprint density at radius 1 is 1.53 bits per heavy atom. The summed E-state index contributed by atoms with van der Waals surface area (Å²) in [7, 11) is 1.85. The summed E-state index contributed by atoms with van der Waals surface area (Å²) >= 11 is 0. The van der Waals surface area contributed by atoms with Crippen LogP contribution >= 0.6 is 0 Å². The van der Waals surface area contributed by atoms with Gasteiger partial charge in [-0.05, 0) is 33.2 Å². The Hall–Kier alpha value is -0.650. The third-order valence-corrected chi connectivity index (χ3v) is 4.28. The summed E-state index contributed by atoms with van der Waals surface area (Å²) in [6, 6.07) is 0.899. The van der Waals surface area contributed by atoms with Crippen molar-refractivity contribution in [1.82, 2.24) is 15.1 Å². The molecule has 2 heterocycles. The number of amides is 1. The lowest BCUT2D eigenvalue weighted by atomic mass is 10.2. The van der Waals surface area contributed by atoms with Gasteiger partial charge in [-0.25, -0.2) is 0 Å². The van der Waals surface area contributed by atoms with Crippen LogP contribution in [0.1, 0.15) is 26.7 Å². The molecule has 0 radical (unpaired) electrons. The van der Waals surface area contributed by atoms with Crippen molar-refractivity contribution in [3.63, 3.8) is 0 Å². The molecule has 0 aromatic heterocycles. The fourth-order valence-corrected chi connectivity index (χ4v) is 2.76. The Labute approximate surface area is 116 Å². The minimum absolute atomic E-state index is 0.143. The van der Waals surface area contributed by atoms with Crippen LogP contribution in [0, 0.1) is 0 Å². The molecule has 1 N–H and O–H groups in total. The van der Waals surface area contributed by atoms with E-state index in [9.17, 15) is 4.79 Å². The number of carbonyl (C=O) groups is 1. The average Bonchev–Trinajstić information content (AvgIpc) is 2.84. The number of morpholine rings is 1. The molecule has 0 aromatic carbocycles. The lowest BCUT2D eigenvalue weighted by molar-refractivity contribution is -0.130. The summed E-state index contributed by atoms with van der Waals surface area (Å²) in [5.41, 5.74) is 0. The number of ether oxygens (including phenoxy) is 1. The molecule has 2 unspecified atom stereocenters. The quantitative estimate of drug-likeness (QED) is 0.780. The lowest BCUT2D eigenvalue weighted by Gasteiger charge is -2.35. The van der Waals surface area contributed by atoms with Gasteiger partial charge >= 0.3 is 0 Å². The summed E-state index contributed by atoms with van der Waals surface area (Å²) in [6.45, 7) is 8.28. The molecule has 0 aliphatic carbocycles. The Morgan fingerprint density at radius 3 is 3.05 bits per heavy atom. The standard InChI is InChI=1S/C14H27N3O2/c1-11(2)16(3)14(18)8-15-7-13-9-17-6-4-5-12(17)10-19-13/h11-13,15H,4-10H2,1-3H3. The van der Waals surface area contributed by atoms with Crippen molar-refractivity contribution in [3.8, 4) is 0 Å². The molecule has 0 aromatic rings. The van der Waals surface area contributed by atoms with Gasteiger partial charge in [0.25, 0.3) is 0 Å². The Kier molecular flexibility index (Phi) is 5.19. The SMILES string of the molecule is CC(C)N(C)C(=O)CNCC1CN2CCCC2CO1. The van der Waals surface area contributed by atoms with Gasteiger partial charge in [-0.1, -0.05) is 0 Å². The van der Waals surface area contributed by atoms with E-state index in [-0.39, 0.29) is 18.1 Å². The monoisotopic (exact) mass is 269 g/mol.